The Kier molecular flexibility index (Phi) is 10.7. The van der Waals surface area contributed by atoms with Crippen LogP contribution in [0, 0.1) is 23.7 Å². The number of hydrazine groups is 1. The summed E-state index contributed by atoms with van der Waals surface area (Å²) in [5, 5.41) is 22.0. The number of hydrogen-bond acceptors (Lipinski definition) is 10. The van der Waals surface area contributed by atoms with Crippen LogP contribution < -0.4 is 20.0 Å². The van der Waals surface area contributed by atoms with Crippen molar-refractivity contribution in [2.24, 2.45) is 33.9 Å². The Balaban J connectivity index is 1.12. The van der Waals surface area contributed by atoms with Gasteiger partial charge in [-0.15, -0.1) is 0 Å². The Bertz CT molecular complexity index is 2710. The van der Waals surface area contributed by atoms with E-state index in [-0.39, 0.29) is 35.2 Å². The molecule has 15 heteroatoms. The van der Waals surface area contributed by atoms with Gasteiger partial charge in [0.15, 0.2) is 0 Å². The Morgan fingerprint density at radius 3 is 2.15 bits per heavy atom. The molecule has 2 saturated heterocycles. The van der Waals surface area contributed by atoms with E-state index in [0.717, 1.165) is 10.7 Å². The molecule has 2 aliphatic carbocycles. The summed E-state index contributed by atoms with van der Waals surface area (Å²) in [6.45, 7) is 0. The minimum atomic E-state index is -1.63. The lowest BCUT2D eigenvalue weighted by molar-refractivity contribution is -0.138. The van der Waals surface area contributed by atoms with Crippen LogP contribution in [0.1, 0.15) is 29.9 Å². The number of imide groups is 2. The van der Waals surface area contributed by atoms with E-state index in [2.05, 4.69) is 31.6 Å². The molecule has 2 aliphatic heterocycles. The van der Waals surface area contributed by atoms with Crippen LogP contribution in [-0.2, 0) is 24.6 Å². The van der Waals surface area contributed by atoms with Crippen molar-refractivity contribution in [2.45, 2.75) is 24.2 Å². The molecule has 0 bridgehead atoms. The van der Waals surface area contributed by atoms with Crippen molar-refractivity contribution in [1.82, 2.24) is 5.01 Å². The maximum Gasteiger partial charge on any atom is 0.260 e. The number of azo groups is 1. The van der Waals surface area contributed by atoms with Crippen LogP contribution in [0.15, 0.2) is 136 Å². The quantitative estimate of drug-likeness (QED) is 0.0845. The number of fused-ring (bicyclic) bond motifs is 4. The fraction of sp³-hybridized carbons (Fsp3) is 0.234. The number of nitrogens with zero attached hydrogens (tertiary/aromatic N) is 5. The summed E-state index contributed by atoms with van der Waals surface area (Å²) < 4.78 is 6.12. The molecule has 6 atom stereocenters. The summed E-state index contributed by atoms with van der Waals surface area (Å²) in [5.74, 6) is -5.69. The number of allylic oxidation sites excluding steroid dienone is 2. The van der Waals surface area contributed by atoms with E-state index in [1.54, 1.807) is 72.8 Å². The van der Waals surface area contributed by atoms with Gasteiger partial charge in [-0.3, -0.25) is 29.5 Å². The Morgan fingerprint density at radius 2 is 1.50 bits per heavy atom. The third-order valence-corrected chi connectivity index (χ3v) is 13.7. The van der Waals surface area contributed by atoms with Crippen molar-refractivity contribution in [3.8, 4) is 11.5 Å². The number of amides is 4. The molecule has 0 unspecified atom stereocenters. The van der Waals surface area contributed by atoms with Crippen molar-refractivity contribution in [1.29, 1.82) is 0 Å². The number of hydrogen-bond donors (Lipinski definition) is 2. The molecule has 0 radical (unpaired) electrons. The number of nitrogens with one attached hydrogen (secondary N) is 1. The second kappa shape index (κ2) is 16.0. The lowest BCUT2D eigenvalue weighted by Crippen LogP contribution is -2.53. The first-order valence-corrected chi connectivity index (χ1v) is 21.5. The van der Waals surface area contributed by atoms with Crippen LogP contribution in [-0.4, -0.2) is 54.9 Å². The predicted octanol–water partition coefficient (Wildman–Crippen LogP) is 10.1. The lowest BCUT2D eigenvalue weighted by Gasteiger charge is -2.50. The third kappa shape index (κ3) is 6.74. The standard InChI is InChI=1S/C47H39BrCl2N6O6/c1-54(2)30-12-8-28(9-13-30)51-52-29-10-14-31(15-11-29)55-43(58)34-19-18-33-35(41(34)45(55)60)24-37-44(59)56(53-39-20-7-27(49)23-38(39)50)46(61)47(37,25-4-16-32(62-3)17-5-25)42(33)36-22-26(48)6-21-40(36)57/h4-18,20-23,34-35,37,41-42,53,57H,19,24H2,1-3H3/t34-,35+,37-,41-,42+,47+/m0/s1. The first kappa shape index (κ1) is 41.3. The van der Waals surface area contributed by atoms with Gasteiger partial charge in [0.05, 0.1) is 58.1 Å². The van der Waals surface area contributed by atoms with Crippen molar-refractivity contribution >= 4 is 91.2 Å². The average Bonchev–Trinajstić information content (AvgIpc) is 3.65. The number of benzene rings is 5. The van der Waals surface area contributed by atoms with Crippen LogP contribution in [0.3, 0.4) is 0 Å². The number of ether oxygens (including phenoxy) is 1. The zero-order valence-electron chi connectivity index (χ0n) is 33.6. The summed E-state index contributed by atoms with van der Waals surface area (Å²) in [7, 11) is 5.45. The number of anilines is 3. The molecule has 3 fully saturated rings. The molecule has 5 aromatic carbocycles. The zero-order valence-corrected chi connectivity index (χ0v) is 36.7. The van der Waals surface area contributed by atoms with Crippen molar-refractivity contribution in [3.63, 3.8) is 0 Å². The second-order valence-corrected chi connectivity index (χ2v) is 17.8. The number of carbonyl (C=O) groups excluding carboxylic acids is 4. The van der Waals surface area contributed by atoms with Gasteiger partial charge < -0.3 is 14.7 Å². The first-order valence-electron chi connectivity index (χ1n) is 19.9. The normalized spacial score (nSPS) is 24.2. The summed E-state index contributed by atoms with van der Waals surface area (Å²) in [4.78, 5) is 63.0. The van der Waals surface area contributed by atoms with Gasteiger partial charge in [-0.1, -0.05) is 62.9 Å². The second-order valence-electron chi connectivity index (χ2n) is 16.1. The zero-order chi connectivity index (χ0) is 43.6. The van der Waals surface area contributed by atoms with E-state index >= 15 is 9.59 Å². The van der Waals surface area contributed by atoms with E-state index in [0.29, 0.717) is 49.0 Å². The SMILES string of the molecule is COc1ccc([C@@]23C(=O)N(Nc4ccc(Cl)cc4Cl)C(=O)[C@@H]2C[C@@H]2C(=CC[C@@H]4C(=O)N(c5ccc(N=Nc6ccc(N(C)C)cc6)cc5)C(=O)[C@@H]42)[C@@H]3c2cc(Br)ccc2O)cc1. The Labute approximate surface area is 375 Å². The fourth-order valence-electron chi connectivity index (χ4n) is 9.80. The van der Waals surface area contributed by atoms with Gasteiger partial charge in [0.25, 0.3) is 11.8 Å². The van der Waals surface area contributed by atoms with Gasteiger partial charge in [-0.2, -0.15) is 15.2 Å². The van der Waals surface area contributed by atoms with Crippen molar-refractivity contribution in [3.05, 3.63) is 146 Å². The van der Waals surface area contributed by atoms with Crippen LogP contribution in [0.2, 0.25) is 10.0 Å². The first-order chi connectivity index (χ1) is 29.8. The summed E-state index contributed by atoms with van der Waals surface area (Å²) in [6.07, 6.45) is 2.20. The molecule has 0 spiro atoms. The summed E-state index contributed by atoms with van der Waals surface area (Å²) >= 11 is 16.4. The van der Waals surface area contributed by atoms with Gasteiger partial charge in [0.2, 0.25) is 11.8 Å². The van der Waals surface area contributed by atoms with Crippen molar-refractivity contribution in [2.75, 3.05) is 36.4 Å². The van der Waals surface area contributed by atoms with E-state index in [1.165, 1.54) is 24.1 Å². The molecule has 62 heavy (non-hydrogen) atoms. The third-order valence-electron chi connectivity index (χ3n) is 12.6. The van der Waals surface area contributed by atoms with Crippen LogP contribution in [0.4, 0.5) is 28.4 Å². The molecule has 0 aromatic heterocycles. The van der Waals surface area contributed by atoms with Gasteiger partial charge in [-0.05, 0) is 121 Å². The highest BCUT2D eigenvalue weighted by Crippen LogP contribution is 2.65. The maximum absolute atomic E-state index is 15.5. The molecular weight excluding hydrogens is 895 g/mol. The molecule has 12 nitrogen and oxygen atoms in total. The minimum absolute atomic E-state index is 0.0586. The predicted molar refractivity (Wildman–Crippen MR) is 240 cm³/mol. The number of phenolic OH excluding ortho intramolecular Hbond substituents is 1. The number of phenols is 1. The van der Waals surface area contributed by atoms with Crippen LogP contribution >= 0.6 is 39.1 Å². The molecular formula is C47H39BrCl2N6O6. The highest BCUT2D eigenvalue weighted by molar-refractivity contribution is 9.10. The number of carbonyl (C=O) groups is 4. The van der Waals surface area contributed by atoms with E-state index in [1.807, 2.05) is 49.3 Å². The molecule has 5 aromatic rings. The number of methoxy groups -OCH3 is 1. The van der Waals surface area contributed by atoms with E-state index in [4.69, 9.17) is 27.9 Å². The topological polar surface area (TPSA) is 144 Å². The molecule has 4 amide bonds. The Hall–Kier alpha value is -6.02. The molecule has 314 valence electrons. The highest BCUT2D eigenvalue weighted by atomic mass is 79.9. The molecule has 1 saturated carbocycles. The molecule has 9 rings (SSSR count). The molecule has 4 aliphatic rings. The van der Waals surface area contributed by atoms with Gasteiger partial charge in [0.1, 0.15) is 11.5 Å². The number of rotatable bonds is 9. The number of halogens is 3. The van der Waals surface area contributed by atoms with Crippen molar-refractivity contribution < 1.29 is 29.0 Å². The summed E-state index contributed by atoms with van der Waals surface area (Å²) in [6, 6.07) is 31.0. The molecule has 2 N–H and O–H groups in total. The monoisotopic (exact) mass is 932 g/mol. The van der Waals surface area contributed by atoms with Gasteiger partial charge in [0, 0.05) is 40.8 Å². The van der Waals surface area contributed by atoms with Crippen LogP contribution in [0.25, 0.3) is 0 Å². The van der Waals surface area contributed by atoms with E-state index in [9.17, 15) is 14.7 Å². The van der Waals surface area contributed by atoms with E-state index < -0.39 is 52.7 Å². The highest BCUT2D eigenvalue weighted by Gasteiger charge is 2.70. The largest absolute Gasteiger partial charge is 0.508 e. The lowest BCUT2D eigenvalue weighted by atomic mass is 9.49. The smallest absolute Gasteiger partial charge is 0.260 e. The average molecular weight is 935 g/mol. The van der Waals surface area contributed by atoms with Gasteiger partial charge >= 0.3 is 0 Å². The molecule has 2 heterocycles. The van der Waals surface area contributed by atoms with Gasteiger partial charge in [-0.25, -0.2) is 0 Å². The minimum Gasteiger partial charge on any atom is -0.508 e. The maximum atomic E-state index is 15.5. The Morgan fingerprint density at radius 1 is 0.823 bits per heavy atom. The van der Waals surface area contributed by atoms with Crippen LogP contribution in [0.5, 0.6) is 11.5 Å². The summed E-state index contributed by atoms with van der Waals surface area (Å²) in [5.41, 5.74) is 5.84. The fourth-order valence-corrected chi connectivity index (χ4v) is 10.6. The number of aromatic hydroxyl groups is 1.